The molecule has 70 valence electrons. The lowest BCUT2D eigenvalue weighted by atomic mass is 10.4. The first-order valence-corrected chi connectivity index (χ1v) is 4.20. The van der Waals surface area contributed by atoms with Crippen LogP contribution in [0.4, 0.5) is 10.2 Å². The Morgan fingerprint density at radius 3 is 2.85 bits per heavy atom. The van der Waals surface area contributed by atoms with Crippen LogP contribution in [0.15, 0.2) is 24.5 Å². The highest BCUT2D eigenvalue weighted by atomic mass is 19.1. The maximum atomic E-state index is 12.8. The number of rotatable bonds is 4. The van der Waals surface area contributed by atoms with Gasteiger partial charge in [0.15, 0.2) is 5.82 Å². The van der Waals surface area contributed by atoms with E-state index in [0.717, 1.165) is 6.42 Å². The second-order valence-corrected chi connectivity index (χ2v) is 2.46. The number of halogens is 1. The van der Waals surface area contributed by atoms with Crippen molar-refractivity contribution < 1.29 is 4.39 Å². The molecule has 1 aromatic rings. The molecule has 0 amide bonds. The average Bonchev–Trinajstić information content (AvgIpc) is 2.15. The molecule has 0 aliphatic heterocycles. The third kappa shape index (κ3) is 3.19. The summed E-state index contributed by atoms with van der Waals surface area (Å²) in [7, 11) is 0. The minimum Gasteiger partial charge on any atom is -0.363 e. The first-order valence-electron chi connectivity index (χ1n) is 4.20. The van der Waals surface area contributed by atoms with E-state index in [1.165, 1.54) is 12.4 Å². The zero-order chi connectivity index (χ0) is 9.52. The molecule has 0 saturated carbocycles. The summed E-state index contributed by atoms with van der Waals surface area (Å²) in [5.74, 6) is -0.365. The lowest BCUT2D eigenvalue weighted by Crippen LogP contribution is -2.03. The molecule has 0 fully saturated rings. The Balaban J connectivity index is 2.45. The Kier molecular flexibility index (Phi) is 3.88. The second-order valence-electron chi connectivity index (χ2n) is 2.46. The van der Waals surface area contributed by atoms with E-state index in [-0.39, 0.29) is 5.82 Å². The summed E-state index contributed by atoms with van der Waals surface area (Å²) in [6.07, 6.45) is 7.68. The van der Waals surface area contributed by atoms with Crippen LogP contribution in [0.1, 0.15) is 13.3 Å². The van der Waals surface area contributed by atoms with Gasteiger partial charge in [-0.25, -0.2) is 9.97 Å². The summed E-state index contributed by atoms with van der Waals surface area (Å²) in [5, 5.41) is 2.81. The number of anilines is 1. The van der Waals surface area contributed by atoms with E-state index in [1.807, 2.05) is 19.1 Å². The van der Waals surface area contributed by atoms with Gasteiger partial charge in [0.1, 0.15) is 0 Å². The molecule has 0 radical (unpaired) electrons. The molecule has 4 heteroatoms. The van der Waals surface area contributed by atoms with Crippen molar-refractivity contribution in [2.24, 2.45) is 0 Å². The van der Waals surface area contributed by atoms with Gasteiger partial charge < -0.3 is 5.32 Å². The van der Waals surface area contributed by atoms with Crippen molar-refractivity contribution >= 4 is 5.82 Å². The lowest BCUT2D eigenvalue weighted by molar-refractivity contribution is 0.581. The lowest BCUT2D eigenvalue weighted by Gasteiger charge is -2.00. The van der Waals surface area contributed by atoms with E-state index in [4.69, 9.17) is 0 Å². The molecule has 0 spiro atoms. The average molecular weight is 181 g/mol. The maximum absolute atomic E-state index is 12.8. The van der Waals surface area contributed by atoms with E-state index >= 15 is 0 Å². The summed E-state index contributed by atoms with van der Waals surface area (Å²) < 4.78 is 12.8. The van der Waals surface area contributed by atoms with Crippen LogP contribution < -0.4 is 5.32 Å². The van der Waals surface area contributed by atoms with Gasteiger partial charge in [-0.15, -0.1) is 0 Å². The highest BCUT2D eigenvalue weighted by molar-refractivity contribution is 5.32. The number of aromatic nitrogens is 2. The van der Waals surface area contributed by atoms with Crippen LogP contribution in [0.25, 0.3) is 0 Å². The van der Waals surface area contributed by atoms with Crippen molar-refractivity contribution in [3.8, 4) is 0 Å². The molecule has 0 atom stereocenters. The standard InChI is InChI=1S/C9H12FN3/c1-2-3-4-5-12-9-8(10)11-6-7-13-9/h3-4,6-7H,2,5H2,1H3,(H,12,13)/b4-3+. The molecule has 0 saturated heterocycles. The highest BCUT2D eigenvalue weighted by Crippen LogP contribution is 2.04. The van der Waals surface area contributed by atoms with Gasteiger partial charge in [0.05, 0.1) is 0 Å². The number of hydrogen-bond acceptors (Lipinski definition) is 3. The second kappa shape index (κ2) is 5.24. The van der Waals surface area contributed by atoms with Crippen LogP contribution in [0.2, 0.25) is 0 Å². The topological polar surface area (TPSA) is 37.8 Å². The number of allylic oxidation sites excluding steroid dienone is 1. The predicted molar refractivity (Wildman–Crippen MR) is 49.9 cm³/mol. The van der Waals surface area contributed by atoms with Gasteiger partial charge in [0.25, 0.3) is 5.95 Å². The van der Waals surface area contributed by atoms with Gasteiger partial charge in [-0.05, 0) is 6.42 Å². The van der Waals surface area contributed by atoms with Crippen molar-refractivity contribution in [3.63, 3.8) is 0 Å². The molecule has 1 aromatic heterocycles. The molecule has 13 heavy (non-hydrogen) atoms. The Labute approximate surface area is 76.7 Å². The molecule has 0 aliphatic carbocycles. The van der Waals surface area contributed by atoms with Crippen molar-refractivity contribution in [2.45, 2.75) is 13.3 Å². The quantitative estimate of drug-likeness (QED) is 0.722. The Bertz CT molecular complexity index is 286. The molecule has 1 rings (SSSR count). The smallest absolute Gasteiger partial charge is 0.255 e. The van der Waals surface area contributed by atoms with Gasteiger partial charge in [0.2, 0.25) is 0 Å². The van der Waals surface area contributed by atoms with Gasteiger partial charge in [-0.3, -0.25) is 0 Å². The Morgan fingerprint density at radius 2 is 2.15 bits per heavy atom. The van der Waals surface area contributed by atoms with Crippen LogP contribution in [-0.2, 0) is 0 Å². The molecule has 3 nitrogen and oxygen atoms in total. The Hall–Kier alpha value is -1.45. The van der Waals surface area contributed by atoms with E-state index in [9.17, 15) is 4.39 Å². The molecular formula is C9H12FN3. The maximum Gasteiger partial charge on any atom is 0.255 e. The van der Waals surface area contributed by atoms with Crippen LogP contribution in [0.5, 0.6) is 0 Å². The van der Waals surface area contributed by atoms with E-state index in [0.29, 0.717) is 6.54 Å². The van der Waals surface area contributed by atoms with Gasteiger partial charge in [-0.2, -0.15) is 4.39 Å². The van der Waals surface area contributed by atoms with Crippen molar-refractivity contribution in [2.75, 3.05) is 11.9 Å². The number of nitrogens with one attached hydrogen (secondary N) is 1. The van der Waals surface area contributed by atoms with Crippen LogP contribution in [-0.4, -0.2) is 16.5 Å². The molecule has 0 aromatic carbocycles. The molecule has 1 N–H and O–H groups in total. The molecule has 0 aliphatic rings. The zero-order valence-corrected chi connectivity index (χ0v) is 7.50. The van der Waals surface area contributed by atoms with Gasteiger partial charge in [-0.1, -0.05) is 19.1 Å². The van der Waals surface area contributed by atoms with E-state index < -0.39 is 5.95 Å². The first-order chi connectivity index (χ1) is 6.34. The van der Waals surface area contributed by atoms with Crippen molar-refractivity contribution in [1.82, 2.24) is 9.97 Å². The minimum absolute atomic E-state index is 0.197. The summed E-state index contributed by atoms with van der Waals surface area (Å²) >= 11 is 0. The monoisotopic (exact) mass is 181 g/mol. The predicted octanol–water partition coefficient (Wildman–Crippen LogP) is 1.99. The number of nitrogens with zero attached hydrogens (tertiary/aromatic N) is 2. The van der Waals surface area contributed by atoms with Crippen LogP contribution >= 0.6 is 0 Å². The summed E-state index contributed by atoms with van der Waals surface area (Å²) in [6, 6.07) is 0. The third-order valence-corrected chi connectivity index (χ3v) is 1.44. The Morgan fingerprint density at radius 1 is 1.38 bits per heavy atom. The molecule has 0 unspecified atom stereocenters. The molecule has 0 bridgehead atoms. The van der Waals surface area contributed by atoms with Crippen LogP contribution in [0.3, 0.4) is 0 Å². The third-order valence-electron chi connectivity index (χ3n) is 1.44. The summed E-state index contributed by atoms with van der Waals surface area (Å²) in [6.45, 7) is 2.61. The fraction of sp³-hybridized carbons (Fsp3) is 0.333. The van der Waals surface area contributed by atoms with E-state index in [2.05, 4.69) is 15.3 Å². The largest absolute Gasteiger partial charge is 0.363 e. The summed E-state index contributed by atoms with van der Waals surface area (Å²) in [5.41, 5.74) is 0. The fourth-order valence-electron chi connectivity index (χ4n) is 0.845. The SMILES string of the molecule is CC/C=C/CNc1nccnc1F. The van der Waals surface area contributed by atoms with Gasteiger partial charge >= 0.3 is 0 Å². The fourth-order valence-corrected chi connectivity index (χ4v) is 0.845. The van der Waals surface area contributed by atoms with Crippen molar-refractivity contribution in [3.05, 3.63) is 30.5 Å². The molecule has 1 heterocycles. The zero-order valence-electron chi connectivity index (χ0n) is 7.50. The van der Waals surface area contributed by atoms with Crippen LogP contribution in [0, 0.1) is 5.95 Å². The van der Waals surface area contributed by atoms with E-state index in [1.54, 1.807) is 0 Å². The molecular weight excluding hydrogens is 169 g/mol. The first kappa shape index (κ1) is 9.64. The highest BCUT2D eigenvalue weighted by Gasteiger charge is 1.99. The normalized spacial score (nSPS) is 10.6. The minimum atomic E-state index is -0.563. The van der Waals surface area contributed by atoms with Gasteiger partial charge in [0, 0.05) is 18.9 Å². The number of hydrogen-bond donors (Lipinski definition) is 1. The summed E-state index contributed by atoms with van der Waals surface area (Å²) in [4.78, 5) is 7.26. The van der Waals surface area contributed by atoms with Crippen molar-refractivity contribution in [1.29, 1.82) is 0 Å².